The van der Waals surface area contributed by atoms with Gasteiger partial charge in [0.15, 0.2) is 0 Å². The van der Waals surface area contributed by atoms with Crippen LogP contribution >= 0.6 is 11.6 Å². The summed E-state index contributed by atoms with van der Waals surface area (Å²) in [5.74, 6) is 0.0231. The van der Waals surface area contributed by atoms with Crippen LogP contribution in [-0.2, 0) is 4.79 Å². The average Bonchev–Trinajstić information content (AvgIpc) is 2.90. The predicted molar refractivity (Wildman–Crippen MR) is 72.4 cm³/mol. The summed E-state index contributed by atoms with van der Waals surface area (Å²) in [4.78, 5) is 24.4. The molecule has 2 N–H and O–H groups in total. The van der Waals surface area contributed by atoms with Crippen molar-refractivity contribution in [2.75, 3.05) is 18.9 Å². The van der Waals surface area contributed by atoms with Crippen LogP contribution in [0.3, 0.4) is 0 Å². The number of urea groups is 1. The Bertz CT molecular complexity index is 561. The molecule has 0 aliphatic carbocycles. The van der Waals surface area contributed by atoms with Crippen molar-refractivity contribution >= 4 is 29.2 Å². The average molecular weight is 280 g/mol. The van der Waals surface area contributed by atoms with Crippen molar-refractivity contribution in [3.05, 3.63) is 28.8 Å². The molecule has 2 aliphatic rings. The highest BCUT2D eigenvalue weighted by molar-refractivity contribution is 6.33. The lowest BCUT2D eigenvalue weighted by Crippen LogP contribution is -2.31. The first-order chi connectivity index (χ1) is 9.08. The summed E-state index contributed by atoms with van der Waals surface area (Å²) in [5.41, 5.74) is 2.06. The van der Waals surface area contributed by atoms with E-state index in [0.717, 1.165) is 22.7 Å². The third-order valence-electron chi connectivity index (χ3n) is 3.76. The Morgan fingerprint density at radius 3 is 2.89 bits per heavy atom. The fourth-order valence-electron chi connectivity index (χ4n) is 2.70. The van der Waals surface area contributed by atoms with Crippen molar-refractivity contribution < 1.29 is 9.59 Å². The lowest BCUT2D eigenvalue weighted by molar-refractivity contribution is -0.126. The molecule has 5 nitrogen and oxygen atoms in total. The van der Waals surface area contributed by atoms with E-state index in [2.05, 4.69) is 10.6 Å². The number of fused-ring (bicyclic) bond motifs is 1. The van der Waals surface area contributed by atoms with E-state index in [9.17, 15) is 9.59 Å². The second-order valence-corrected chi connectivity index (χ2v) is 5.32. The molecule has 1 aromatic carbocycles. The molecule has 3 amide bonds. The molecule has 0 spiro atoms. The molecule has 100 valence electrons. The molecule has 1 fully saturated rings. The topological polar surface area (TPSA) is 61.4 Å². The van der Waals surface area contributed by atoms with Gasteiger partial charge in [0.05, 0.1) is 10.7 Å². The highest BCUT2D eigenvalue weighted by atomic mass is 35.5. The summed E-state index contributed by atoms with van der Waals surface area (Å²) < 4.78 is 0. The summed E-state index contributed by atoms with van der Waals surface area (Å²) in [5, 5.41) is 6.66. The molecule has 2 atom stereocenters. The lowest BCUT2D eigenvalue weighted by Gasteiger charge is -2.14. The number of para-hydroxylation sites is 1. The number of carbonyl (C=O) groups is 2. The van der Waals surface area contributed by atoms with Gasteiger partial charge in [-0.05, 0) is 18.1 Å². The minimum Gasteiger partial charge on any atom is -0.383 e. The van der Waals surface area contributed by atoms with E-state index < -0.39 is 6.04 Å². The Labute approximate surface area is 115 Å². The molecular weight excluding hydrogens is 266 g/mol. The molecule has 3 rings (SSSR count). The number of halogens is 1. The third-order valence-corrected chi connectivity index (χ3v) is 4.08. The van der Waals surface area contributed by atoms with Crippen LogP contribution in [0.25, 0.3) is 0 Å². The van der Waals surface area contributed by atoms with E-state index in [0.29, 0.717) is 11.4 Å². The number of imide groups is 1. The van der Waals surface area contributed by atoms with Crippen LogP contribution in [0, 0.1) is 0 Å². The Hall–Kier alpha value is -1.75. The van der Waals surface area contributed by atoms with Gasteiger partial charge in [-0.3, -0.25) is 9.69 Å². The second kappa shape index (κ2) is 4.42. The molecule has 1 unspecified atom stereocenters. The first-order valence-electron chi connectivity index (χ1n) is 6.18. The van der Waals surface area contributed by atoms with Crippen molar-refractivity contribution in [3.63, 3.8) is 0 Å². The number of benzene rings is 1. The fourth-order valence-corrected chi connectivity index (χ4v) is 2.95. The van der Waals surface area contributed by atoms with E-state index in [1.54, 1.807) is 0 Å². The Morgan fingerprint density at radius 1 is 1.42 bits per heavy atom. The number of amides is 3. The van der Waals surface area contributed by atoms with Crippen LogP contribution in [0.1, 0.15) is 17.9 Å². The summed E-state index contributed by atoms with van der Waals surface area (Å²) >= 11 is 6.12. The summed E-state index contributed by atoms with van der Waals surface area (Å²) in [6.45, 7) is 0.739. The number of carbonyl (C=O) groups excluding carboxylic acids is 2. The number of hydrogen-bond donors (Lipinski definition) is 2. The first kappa shape index (κ1) is 12.3. The van der Waals surface area contributed by atoms with E-state index in [1.165, 1.54) is 7.05 Å². The van der Waals surface area contributed by atoms with Gasteiger partial charge in [-0.2, -0.15) is 0 Å². The van der Waals surface area contributed by atoms with Crippen LogP contribution in [0.5, 0.6) is 0 Å². The minimum atomic E-state index is -0.436. The number of rotatable bonds is 2. The quantitative estimate of drug-likeness (QED) is 0.812. The number of likely N-dealkylation sites (N-methyl/N-ethyl adjacent to an activating group) is 1. The van der Waals surface area contributed by atoms with Gasteiger partial charge >= 0.3 is 6.03 Å². The SMILES string of the molecule is CN1C(=O)N[C@H](CC2CNc3c(Cl)cccc32)C1=O. The highest BCUT2D eigenvalue weighted by Crippen LogP contribution is 2.39. The zero-order chi connectivity index (χ0) is 13.6. The summed E-state index contributed by atoms with van der Waals surface area (Å²) in [6, 6.07) is 4.99. The largest absolute Gasteiger partial charge is 0.383 e. The van der Waals surface area contributed by atoms with Gasteiger partial charge in [-0.15, -0.1) is 0 Å². The van der Waals surface area contributed by atoms with E-state index in [1.807, 2.05) is 18.2 Å². The minimum absolute atomic E-state index is 0.166. The number of nitrogens with one attached hydrogen (secondary N) is 2. The molecule has 1 aromatic rings. The third kappa shape index (κ3) is 1.94. The van der Waals surface area contributed by atoms with Crippen molar-refractivity contribution in [2.45, 2.75) is 18.4 Å². The number of hydrogen-bond acceptors (Lipinski definition) is 3. The number of nitrogens with zero attached hydrogens (tertiary/aromatic N) is 1. The molecule has 0 saturated carbocycles. The van der Waals surface area contributed by atoms with E-state index >= 15 is 0 Å². The molecule has 19 heavy (non-hydrogen) atoms. The van der Waals surface area contributed by atoms with Gasteiger partial charge in [-0.1, -0.05) is 23.7 Å². The lowest BCUT2D eigenvalue weighted by atomic mass is 9.94. The molecule has 0 aromatic heterocycles. The molecular formula is C13H14ClN3O2. The van der Waals surface area contributed by atoms with E-state index in [-0.39, 0.29) is 17.9 Å². The smallest absolute Gasteiger partial charge is 0.324 e. The van der Waals surface area contributed by atoms with Crippen molar-refractivity contribution in [1.82, 2.24) is 10.2 Å². The van der Waals surface area contributed by atoms with Gasteiger partial charge in [0.1, 0.15) is 6.04 Å². The van der Waals surface area contributed by atoms with Crippen LogP contribution in [-0.4, -0.2) is 36.5 Å². The number of anilines is 1. The van der Waals surface area contributed by atoms with Crippen LogP contribution < -0.4 is 10.6 Å². The maximum atomic E-state index is 11.9. The Balaban J connectivity index is 1.79. The maximum absolute atomic E-state index is 11.9. The molecule has 0 bridgehead atoms. The molecule has 2 heterocycles. The Morgan fingerprint density at radius 2 is 2.21 bits per heavy atom. The molecule has 2 aliphatic heterocycles. The predicted octanol–water partition coefficient (Wildman–Crippen LogP) is 1.79. The van der Waals surface area contributed by atoms with Gasteiger partial charge in [0.25, 0.3) is 5.91 Å². The van der Waals surface area contributed by atoms with Gasteiger partial charge in [0.2, 0.25) is 0 Å². The molecule has 1 saturated heterocycles. The van der Waals surface area contributed by atoms with Crippen molar-refractivity contribution in [1.29, 1.82) is 0 Å². The van der Waals surface area contributed by atoms with E-state index in [4.69, 9.17) is 11.6 Å². The summed E-state index contributed by atoms with van der Waals surface area (Å²) in [6.07, 6.45) is 0.593. The maximum Gasteiger partial charge on any atom is 0.324 e. The van der Waals surface area contributed by atoms with Gasteiger partial charge in [-0.25, -0.2) is 4.79 Å². The fraction of sp³-hybridized carbons (Fsp3) is 0.385. The van der Waals surface area contributed by atoms with Crippen LogP contribution in [0.2, 0.25) is 5.02 Å². The zero-order valence-electron chi connectivity index (χ0n) is 10.4. The molecule has 0 radical (unpaired) electrons. The van der Waals surface area contributed by atoms with Crippen LogP contribution in [0.4, 0.5) is 10.5 Å². The normalized spacial score (nSPS) is 25.3. The Kier molecular flexibility index (Phi) is 2.86. The van der Waals surface area contributed by atoms with Gasteiger partial charge < -0.3 is 10.6 Å². The second-order valence-electron chi connectivity index (χ2n) is 4.92. The van der Waals surface area contributed by atoms with Crippen molar-refractivity contribution in [2.24, 2.45) is 0 Å². The van der Waals surface area contributed by atoms with Gasteiger partial charge in [0, 0.05) is 19.5 Å². The monoisotopic (exact) mass is 279 g/mol. The summed E-state index contributed by atoms with van der Waals surface area (Å²) in [7, 11) is 1.50. The highest BCUT2D eigenvalue weighted by Gasteiger charge is 2.38. The molecule has 6 heteroatoms. The van der Waals surface area contributed by atoms with Crippen molar-refractivity contribution in [3.8, 4) is 0 Å². The van der Waals surface area contributed by atoms with Crippen LogP contribution in [0.15, 0.2) is 18.2 Å². The first-order valence-corrected chi connectivity index (χ1v) is 6.56. The standard InChI is InChI=1S/C13H14ClN3O2/c1-17-12(18)10(16-13(17)19)5-7-6-15-11-8(7)3-2-4-9(11)14/h2-4,7,10,15H,5-6H2,1H3,(H,16,19)/t7?,10-/m1/s1. The zero-order valence-corrected chi connectivity index (χ0v) is 11.2.